The molecule has 1 aromatic rings. The van der Waals surface area contributed by atoms with E-state index in [1.165, 1.54) is 11.1 Å². The smallest absolute Gasteiger partial charge is 0.240 e. The minimum atomic E-state index is -0.0537. The second-order valence-corrected chi connectivity index (χ2v) is 7.26. The van der Waals surface area contributed by atoms with Crippen LogP contribution in [0, 0.1) is 5.92 Å². The fourth-order valence-electron chi connectivity index (χ4n) is 4.18. The Bertz CT molecular complexity index is 586. The van der Waals surface area contributed by atoms with Crippen LogP contribution in [0.2, 0.25) is 0 Å². The highest BCUT2D eigenvalue weighted by Gasteiger charge is 2.33. The summed E-state index contributed by atoms with van der Waals surface area (Å²) < 4.78 is 5.42. The zero-order valence-corrected chi connectivity index (χ0v) is 14.2. The molecule has 0 radical (unpaired) electrons. The van der Waals surface area contributed by atoms with Gasteiger partial charge in [0.1, 0.15) is 0 Å². The quantitative estimate of drug-likeness (QED) is 0.894. The third-order valence-electron chi connectivity index (χ3n) is 5.60. The lowest BCUT2D eigenvalue weighted by atomic mass is 9.95. The molecule has 0 bridgehead atoms. The summed E-state index contributed by atoms with van der Waals surface area (Å²) in [5, 5.41) is 3.43. The van der Waals surface area contributed by atoms with Gasteiger partial charge in [-0.05, 0) is 29.9 Å². The zero-order chi connectivity index (χ0) is 16.4. The fraction of sp³-hybridized carbons (Fsp3) is 0.632. The molecule has 5 nitrogen and oxygen atoms in total. The summed E-state index contributed by atoms with van der Waals surface area (Å²) in [5.74, 6) is 0.900. The van der Waals surface area contributed by atoms with Gasteiger partial charge < -0.3 is 15.0 Å². The highest BCUT2D eigenvalue weighted by Crippen LogP contribution is 2.22. The molecule has 5 heteroatoms. The molecule has 0 unspecified atom stereocenters. The summed E-state index contributed by atoms with van der Waals surface area (Å²) >= 11 is 0. The Morgan fingerprint density at radius 2 is 1.96 bits per heavy atom. The standard InChI is InChI=1S/C19H27N3O2/c23-19(18-11-16-3-1-2-4-17(16)12-20-18)22-6-5-15(14-22)13-21-7-9-24-10-8-21/h1-4,15,18,20H,5-14H2/t15-,18-/m1/s1. The molecule has 3 heterocycles. The Morgan fingerprint density at radius 3 is 2.79 bits per heavy atom. The maximum absolute atomic E-state index is 12.9. The number of hydrogen-bond donors (Lipinski definition) is 1. The number of benzene rings is 1. The third kappa shape index (κ3) is 3.48. The van der Waals surface area contributed by atoms with Gasteiger partial charge in [0.15, 0.2) is 0 Å². The summed E-state index contributed by atoms with van der Waals surface area (Å²) in [5.41, 5.74) is 2.65. The molecular formula is C19H27N3O2. The van der Waals surface area contributed by atoms with E-state index >= 15 is 0 Å². The monoisotopic (exact) mass is 329 g/mol. The van der Waals surface area contributed by atoms with Gasteiger partial charge in [-0.1, -0.05) is 24.3 Å². The van der Waals surface area contributed by atoms with Crippen LogP contribution in [0.15, 0.2) is 24.3 Å². The Hall–Kier alpha value is -1.43. The molecule has 0 aliphatic carbocycles. The van der Waals surface area contributed by atoms with Crippen LogP contribution >= 0.6 is 0 Å². The lowest BCUT2D eigenvalue weighted by molar-refractivity contribution is -0.132. The number of nitrogens with zero attached hydrogens (tertiary/aromatic N) is 2. The molecule has 4 rings (SSSR count). The lowest BCUT2D eigenvalue weighted by Gasteiger charge is -2.30. The Morgan fingerprint density at radius 1 is 1.17 bits per heavy atom. The molecule has 1 aromatic carbocycles. The molecule has 2 saturated heterocycles. The number of morpholine rings is 1. The first-order valence-corrected chi connectivity index (χ1v) is 9.18. The predicted octanol–water partition coefficient (Wildman–Crippen LogP) is 0.882. The van der Waals surface area contributed by atoms with Crippen molar-refractivity contribution in [3.05, 3.63) is 35.4 Å². The molecule has 130 valence electrons. The van der Waals surface area contributed by atoms with Crippen molar-refractivity contribution in [3.8, 4) is 0 Å². The van der Waals surface area contributed by atoms with E-state index in [4.69, 9.17) is 4.74 Å². The van der Waals surface area contributed by atoms with Gasteiger partial charge in [-0.15, -0.1) is 0 Å². The molecular weight excluding hydrogens is 302 g/mol. The highest BCUT2D eigenvalue weighted by molar-refractivity contribution is 5.82. The van der Waals surface area contributed by atoms with Gasteiger partial charge in [-0.2, -0.15) is 0 Å². The van der Waals surface area contributed by atoms with Crippen LogP contribution in [0.4, 0.5) is 0 Å². The maximum atomic E-state index is 12.9. The summed E-state index contributed by atoms with van der Waals surface area (Å²) in [4.78, 5) is 17.4. The van der Waals surface area contributed by atoms with Crippen LogP contribution in [0.25, 0.3) is 0 Å². The van der Waals surface area contributed by atoms with E-state index in [0.29, 0.717) is 5.92 Å². The summed E-state index contributed by atoms with van der Waals surface area (Å²) in [6.45, 7) is 7.49. The number of fused-ring (bicyclic) bond motifs is 1. The Labute approximate surface area is 144 Å². The van der Waals surface area contributed by atoms with Crippen molar-refractivity contribution < 1.29 is 9.53 Å². The number of likely N-dealkylation sites (tertiary alicyclic amines) is 1. The fourth-order valence-corrected chi connectivity index (χ4v) is 4.18. The first-order chi connectivity index (χ1) is 11.8. The molecule has 1 N–H and O–H groups in total. The van der Waals surface area contributed by atoms with E-state index in [9.17, 15) is 4.79 Å². The average Bonchev–Trinajstić information content (AvgIpc) is 3.10. The van der Waals surface area contributed by atoms with Crippen molar-refractivity contribution in [2.75, 3.05) is 45.9 Å². The van der Waals surface area contributed by atoms with Crippen molar-refractivity contribution in [2.45, 2.75) is 25.4 Å². The van der Waals surface area contributed by atoms with Gasteiger partial charge in [-0.3, -0.25) is 9.69 Å². The second-order valence-electron chi connectivity index (χ2n) is 7.26. The first-order valence-electron chi connectivity index (χ1n) is 9.18. The van der Waals surface area contributed by atoms with Crippen molar-refractivity contribution >= 4 is 5.91 Å². The minimum Gasteiger partial charge on any atom is -0.379 e. The average molecular weight is 329 g/mol. The zero-order valence-electron chi connectivity index (χ0n) is 14.2. The number of hydrogen-bond acceptors (Lipinski definition) is 4. The summed E-state index contributed by atoms with van der Waals surface area (Å²) in [6, 6.07) is 8.39. The van der Waals surface area contributed by atoms with Crippen molar-refractivity contribution in [2.24, 2.45) is 5.92 Å². The molecule has 2 atom stereocenters. The Kier molecular flexibility index (Phi) is 4.83. The van der Waals surface area contributed by atoms with Gasteiger partial charge in [-0.25, -0.2) is 0 Å². The summed E-state index contributed by atoms with van der Waals surface area (Å²) in [6.07, 6.45) is 1.95. The van der Waals surface area contributed by atoms with Gasteiger partial charge >= 0.3 is 0 Å². The van der Waals surface area contributed by atoms with Crippen LogP contribution < -0.4 is 5.32 Å². The largest absolute Gasteiger partial charge is 0.379 e. The van der Waals surface area contributed by atoms with E-state index in [1.807, 2.05) is 0 Å². The molecule has 24 heavy (non-hydrogen) atoms. The van der Waals surface area contributed by atoms with Gasteiger partial charge in [0.25, 0.3) is 0 Å². The molecule has 3 aliphatic heterocycles. The van der Waals surface area contributed by atoms with Gasteiger partial charge in [0, 0.05) is 39.3 Å². The van der Waals surface area contributed by atoms with E-state index in [1.54, 1.807) is 0 Å². The number of carbonyl (C=O) groups excluding carboxylic acids is 1. The normalized spacial score (nSPS) is 27.9. The third-order valence-corrected chi connectivity index (χ3v) is 5.60. The molecule has 0 spiro atoms. The van der Waals surface area contributed by atoms with Gasteiger partial charge in [0.05, 0.1) is 19.3 Å². The van der Waals surface area contributed by atoms with Crippen LogP contribution in [-0.2, 0) is 22.5 Å². The van der Waals surface area contributed by atoms with Crippen molar-refractivity contribution in [1.82, 2.24) is 15.1 Å². The lowest BCUT2D eigenvalue weighted by Crippen LogP contribution is -2.49. The van der Waals surface area contributed by atoms with Crippen LogP contribution in [0.3, 0.4) is 0 Å². The molecule has 2 fully saturated rings. The van der Waals surface area contributed by atoms with Crippen LogP contribution in [0.1, 0.15) is 17.5 Å². The SMILES string of the molecule is O=C([C@H]1Cc2ccccc2CN1)N1CC[C@H](CN2CCOCC2)C1. The molecule has 1 amide bonds. The van der Waals surface area contributed by atoms with E-state index < -0.39 is 0 Å². The van der Waals surface area contributed by atoms with E-state index in [-0.39, 0.29) is 11.9 Å². The molecule has 0 saturated carbocycles. The van der Waals surface area contributed by atoms with Crippen LogP contribution in [0.5, 0.6) is 0 Å². The van der Waals surface area contributed by atoms with Crippen LogP contribution in [-0.4, -0.2) is 67.7 Å². The number of rotatable bonds is 3. The van der Waals surface area contributed by atoms with Gasteiger partial charge in [0.2, 0.25) is 5.91 Å². The predicted molar refractivity (Wildman–Crippen MR) is 92.7 cm³/mol. The number of ether oxygens (including phenoxy) is 1. The van der Waals surface area contributed by atoms with Crippen molar-refractivity contribution in [1.29, 1.82) is 0 Å². The Balaban J connectivity index is 1.31. The molecule has 3 aliphatic rings. The van der Waals surface area contributed by atoms with E-state index in [0.717, 1.165) is 65.3 Å². The van der Waals surface area contributed by atoms with Crippen molar-refractivity contribution in [3.63, 3.8) is 0 Å². The highest BCUT2D eigenvalue weighted by atomic mass is 16.5. The maximum Gasteiger partial charge on any atom is 0.240 e. The molecule has 0 aromatic heterocycles. The number of amides is 1. The summed E-state index contributed by atoms with van der Waals surface area (Å²) in [7, 11) is 0. The second kappa shape index (κ2) is 7.21. The topological polar surface area (TPSA) is 44.8 Å². The van der Waals surface area contributed by atoms with E-state index in [2.05, 4.69) is 39.4 Å². The number of carbonyl (C=O) groups is 1. The first kappa shape index (κ1) is 16.1. The minimum absolute atomic E-state index is 0.0537. The number of nitrogens with one attached hydrogen (secondary N) is 1.